The van der Waals surface area contributed by atoms with E-state index in [2.05, 4.69) is 29.8 Å². The van der Waals surface area contributed by atoms with Crippen molar-refractivity contribution in [1.29, 1.82) is 0 Å². The summed E-state index contributed by atoms with van der Waals surface area (Å²) in [6, 6.07) is 7.60. The third-order valence-electron chi connectivity index (χ3n) is 5.19. The molecule has 4 atom stereocenters. The van der Waals surface area contributed by atoms with Crippen LogP contribution in [0.3, 0.4) is 0 Å². The lowest BCUT2D eigenvalue weighted by atomic mass is 9.78. The highest BCUT2D eigenvalue weighted by Crippen LogP contribution is 2.27. The highest BCUT2D eigenvalue weighted by Gasteiger charge is 2.32. The van der Waals surface area contributed by atoms with Crippen LogP contribution in [0.15, 0.2) is 24.3 Å². The van der Waals surface area contributed by atoms with Gasteiger partial charge in [0.15, 0.2) is 6.04 Å². The van der Waals surface area contributed by atoms with E-state index in [1.807, 2.05) is 6.92 Å². The number of rotatable bonds is 5. The van der Waals surface area contributed by atoms with Gasteiger partial charge in [0.05, 0.1) is 6.04 Å². The zero-order valence-corrected chi connectivity index (χ0v) is 15.1. The second-order valence-corrected chi connectivity index (χ2v) is 7.16. The van der Waals surface area contributed by atoms with Crippen molar-refractivity contribution in [2.45, 2.75) is 59.0 Å². The van der Waals surface area contributed by atoms with Crippen molar-refractivity contribution in [3.63, 3.8) is 0 Å². The predicted molar refractivity (Wildman–Crippen MR) is 96.7 cm³/mol. The van der Waals surface area contributed by atoms with E-state index in [0.29, 0.717) is 12.0 Å². The molecule has 0 heterocycles. The van der Waals surface area contributed by atoms with E-state index in [9.17, 15) is 9.59 Å². The molecule has 5 heteroatoms. The predicted octanol–water partition coefficient (Wildman–Crippen LogP) is 2.36. The molecular formula is C19H30N3O2+. The molecule has 132 valence electrons. The monoisotopic (exact) mass is 332 g/mol. The summed E-state index contributed by atoms with van der Waals surface area (Å²) in [6.07, 6.45) is 3.74. The van der Waals surface area contributed by atoms with E-state index in [1.54, 1.807) is 24.3 Å². The number of benzene rings is 1. The fraction of sp³-hybridized carbons (Fsp3) is 0.579. The molecule has 4 N–H and O–H groups in total. The molecule has 0 spiro atoms. The molecule has 2 rings (SSSR count). The molecular weight excluding hydrogens is 302 g/mol. The van der Waals surface area contributed by atoms with Gasteiger partial charge in [-0.3, -0.25) is 9.59 Å². The zero-order valence-electron chi connectivity index (χ0n) is 15.1. The lowest BCUT2D eigenvalue weighted by Crippen LogP contribution is -2.97. The number of nitrogens with two attached hydrogens (primary N) is 1. The van der Waals surface area contributed by atoms with Crippen molar-refractivity contribution in [3.8, 4) is 0 Å². The molecule has 0 aromatic heterocycles. The average molecular weight is 332 g/mol. The van der Waals surface area contributed by atoms with Gasteiger partial charge in [-0.05, 0) is 56.4 Å². The first kappa shape index (κ1) is 18.5. The maximum atomic E-state index is 12.4. The summed E-state index contributed by atoms with van der Waals surface area (Å²) in [4.78, 5) is 23.4. The Kier molecular flexibility index (Phi) is 6.37. The maximum Gasteiger partial charge on any atom is 0.282 e. The Hall–Kier alpha value is -1.88. The van der Waals surface area contributed by atoms with Crippen molar-refractivity contribution < 1.29 is 14.9 Å². The summed E-state index contributed by atoms with van der Waals surface area (Å²) < 4.78 is 0. The molecule has 1 aliphatic rings. The van der Waals surface area contributed by atoms with Crippen LogP contribution in [-0.2, 0) is 9.59 Å². The Balaban J connectivity index is 1.88. The highest BCUT2D eigenvalue weighted by atomic mass is 16.2. The summed E-state index contributed by atoms with van der Waals surface area (Å²) in [6.45, 7) is 8.05. The van der Waals surface area contributed by atoms with E-state index in [-0.39, 0.29) is 17.9 Å². The van der Waals surface area contributed by atoms with E-state index in [4.69, 9.17) is 0 Å². The van der Waals surface area contributed by atoms with Crippen LogP contribution in [-0.4, -0.2) is 23.9 Å². The summed E-state index contributed by atoms with van der Waals surface area (Å²) >= 11 is 0. The van der Waals surface area contributed by atoms with Gasteiger partial charge in [-0.25, -0.2) is 0 Å². The van der Waals surface area contributed by atoms with Crippen LogP contribution in [0.2, 0.25) is 0 Å². The standard InChI is InChI=1S/C19H29N3O2/c1-12-6-5-7-18(13(12)2)20-14(3)19(24)22-17-10-8-16(9-11-17)21-15(4)23/h8-14,18,20H,5-7H2,1-4H3,(H,21,23)(H,22,24)/p+1/t12-,13-,14+,18+/m1/s1. The summed E-state index contributed by atoms with van der Waals surface area (Å²) in [5.41, 5.74) is 1.48. The number of carbonyl (C=O) groups excluding carboxylic acids is 2. The number of quaternary nitrogens is 1. The van der Waals surface area contributed by atoms with E-state index in [0.717, 1.165) is 17.3 Å². The van der Waals surface area contributed by atoms with Crippen molar-refractivity contribution >= 4 is 23.2 Å². The maximum absolute atomic E-state index is 12.4. The Morgan fingerprint density at radius 1 is 1.08 bits per heavy atom. The van der Waals surface area contributed by atoms with Gasteiger partial charge in [0.25, 0.3) is 5.91 Å². The second kappa shape index (κ2) is 8.29. The quantitative estimate of drug-likeness (QED) is 0.774. The Bertz CT molecular complexity index is 570. The zero-order chi connectivity index (χ0) is 17.7. The van der Waals surface area contributed by atoms with E-state index < -0.39 is 0 Å². The number of amides is 2. The third kappa shape index (κ3) is 5.06. The lowest BCUT2D eigenvalue weighted by Gasteiger charge is -2.33. The van der Waals surface area contributed by atoms with Gasteiger partial charge >= 0.3 is 0 Å². The topological polar surface area (TPSA) is 74.8 Å². The fourth-order valence-electron chi connectivity index (χ4n) is 3.45. The van der Waals surface area contributed by atoms with Crippen LogP contribution < -0.4 is 16.0 Å². The molecule has 24 heavy (non-hydrogen) atoms. The highest BCUT2D eigenvalue weighted by molar-refractivity contribution is 5.94. The molecule has 1 saturated carbocycles. The minimum Gasteiger partial charge on any atom is -0.334 e. The van der Waals surface area contributed by atoms with Crippen LogP contribution >= 0.6 is 0 Å². The summed E-state index contributed by atoms with van der Waals surface area (Å²) in [5, 5.41) is 7.89. The van der Waals surface area contributed by atoms with E-state index in [1.165, 1.54) is 26.2 Å². The lowest BCUT2D eigenvalue weighted by molar-refractivity contribution is -0.715. The van der Waals surface area contributed by atoms with Crippen molar-refractivity contribution in [1.82, 2.24) is 0 Å². The first-order valence-corrected chi connectivity index (χ1v) is 8.90. The molecule has 0 bridgehead atoms. The summed E-state index contributed by atoms with van der Waals surface area (Å²) in [7, 11) is 0. The smallest absolute Gasteiger partial charge is 0.282 e. The van der Waals surface area contributed by atoms with Crippen molar-refractivity contribution in [3.05, 3.63) is 24.3 Å². The van der Waals surface area contributed by atoms with E-state index >= 15 is 0 Å². The van der Waals surface area contributed by atoms with Gasteiger partial charge in [0.1, 0.15) is 0 Å². The number of nitrogens with one attached hydrogen (secondary N) is 2. The van der Waals surface area contributed by atoms with Crippen molar-refractivity contribution in [2.24, 2.45) is 11.8 Å². The number of hydrogen-bond donors (Lipinski definition) is 3. The minimum absolute atomic E-state index is 0.0210. The Morgan fingerprint density at radius 2 is 1.67 bits per heavy atom. The molecule has 1 aromatic carbocycles. The van der Waals surface area contributed by atoms with Crippen LogP contribution in [0.25, 0.3) is 0 Å². The number of anilines is 2. The molecule has 0 radical (unpaired) electrons. The van der Waals surface area contributed by atoms with Crippen LogP contribution in [0.5, 0.6) is 0 Å². The SMILES string of the molecule is CC(=O)Nc1ccc(NC(=O)[C@H](C)[NH2+][C@H]2CCC[C@@H](C)[C@H]2C)cc1. The molecule has 5 nitrogen and oxygen atoms in total. The normalized spacial score (nSPS) is 24.9. The first-order chi connectivity index (χ1) is 11.4. The largest absolute Gasteiger partial charge is 0.334 e. The molecule has 0 unspecified atom stereocenters. The summed E-state index contributed by atoms with van der Waals surface area (Å²) in [5.74, 6) is 1.29. The molecule has 1 aromatic rings. The third-order valence-corrected chi connectivity index (χ3v) is 5.19. The number of hydrogen-bond acceptors (Lipinski definition) is 2. The van der Waals surface area contributed by atoms with Gasteiger partial charge in [0.2, 0.25) is 5.91 Å². The molecule has 0 saturated heterocycles. The molecule has 2 amide bonds. The molecule has 1 aliphatic carbocycles. The Labute approximate surface area is 144 Å². The van der Waals surface area contributed by atoms with Crippen LogP contribution in [0.4, 0.5) is 11.4 Å². The number of carbonyl (C=O) groups is 2. The Morgan fingerprint density at radius 3 is 2.25 bits per heavy atom. The average Bonchev–Trinajstić information content (AvgIpc) is 2.53. The van der Waals surface area contributed by atoms with Crippen molar-refractivity contribution in [2.75, 3.05) is 10.6 Å². The first-order valence-electron chi connectivity index (χ1n) is 8.90. The van der Waals surface area contributed by atoms with Gasteiger partial charge in [-0.2, -0.15) is 0 Å². The van der Waals surface area contributed by atoms with Gasteiger partial charge in [-0.1, -0.05) is 13.8 Å². The minimum atomic E-state index is -0.113. The second-order valence-electron chi connectivity index (χ2n) is 7.16. The van der Waals surface area contributed by atoms with Gasteiger partial charge in [-0.15, -0.1) is 0 Å². The van der Waals surface area contributed by atoms with Crippen LogP contribution in [0.1, 0.15) is 47.0 Å². The molecule has 0 aliphatic heterocycles. The van der Waals surface area contributed by atoms with Crippen LogP contribution in [0, 0.1) is 11.8 Å². The fourth-order valence-corrected chi connectivity index (χ4v) is 3.45. The van der Waals surface area contributed by atoms with Gasteiger partial charge < -0.3 is 16.0 Å². The van der Waals surface area contributed by atoms with Gasteiger partial charge in [0, 0.05) is 24.2 Å². The molecule has 1 fully saturated rings.